The van der Waals surface area contributed by atoms with E-state index in [0.717, 1.165) is 0 Å². The van der Waals surface area contributed by atoms with Crippen molar-refractivity contribution >= 4 is 7.82 Å². The lowest BCUT2D eigenvalue weighted by atomic mass is 10.5. The number of rotatable bonds is 4. The van der Waals surface area contributed by atoms with Gasteiger partial charge in [0.1, 0.15) is 0 Å². The minimum atomic E-state index is -4.42. The molecule has 9 heavy (non-hydrogen) atoms. The van der Waals surface area contributed by atoms with E-state index in [1.54, 1.807) is 6.92 Å². The van der Waals surface area contributed by atoms with Crippen LogP contribution in [0.1, 0.15) is 13.3 Å². The summed E-state index contributed by atoms with van der Waals surface area (Å²) >= 11 is 0. The molecule has 0 aliphatic heterocycles. The molecule has 0 bridgehead atoms. The molecule has 0 aliphatic rings. The third kappa shape index (κ3) is 8.07. The van der Waals surface area contributed by atoms with Crippen LogP contribution in [0.25, 0.3) is 0 Å². The molecule has 0 aliphatic carbocycles. The maximum Gasteiger partial charge on any atom is 0.496 e. The zero-order chi connectivity index (χ0) is 7.33. The van der Waals surface area contributed by atoms with Crippen molar-refractivity contribution < 1.29 is 23.9 Å². The van der Waals surface area contributed by atoms with Crippen LogP contribution >= 0.6 is 7.82 Å². The van der Waals surface area contributed by atoms with Crippen LogP contribution in [0, 0.1) is 0 Å². The van der Waals surface area contributed by atoms with Crippen molar-refractivity contribution in [3.8, 4) is 0 Å². The molecule has 0 heterocycles. The molecule has 0 aromatic rings. The van der Waals surface area contributed by atoms with Gasteiger partial charge >= 0.3 is 7.82 Å². The van der Waals surface area contributed by atoms with Gasteiger partial charge in [0.15, 0.2) is 0 Å². The highest BCUT2D eigenvalue weighted by molar-refractivity contribution is 7.46. The van der Waals surface area contributed by atoms with E-state index in [0.29, 0.717) is 6.42 Å². The third-order valence-electron chi connectivity index (χ3n) is 0.437. The van der Waals surface area contributed by atoms with E-state index < -0.39 is 7.82 Å². The van der Waals surface area contributed by atoms with Crippen LogP contribution in [0.5, 0.6) is 0 Å². The molecule has 0 atom stereocenters. The fourth-order valence-electron chi connectivity index (χ4n) is 0.189. The van der Waals surface area contributed by atoms with Gasteiger partial charge in [-0.2, -0.15) is 0 Å². The van der Waals surface area contributed by atoms with Crippen LogP contribution in [-0.2, 0) is 14.1 Å². The first kappa shape index (κ1) is 9.07. The SMILES string of the molecule is CCCOOP(=O)(O)O. The van der Waals surface area contributed by atoms with E-state index in [4.69, 9.17) is 9.79 Å². The quantitative estimate of drug-likeness (QED) is 0.267. The van der Waals surface area contributed by atoms with Crippen molar-refractivity contribution in [3.63, 3.8) is 0 Å². The van der Waals surface area contributed by atoms with Gasteiger partial charge in [-0.1, -0.05) is 6.92 Å². The molecule has 0 aromatic carbocycles. The van der Waals surface area contributed by atoms with Crippen LogP contribution in [-0.4, -0.2) is 16.4 Å². The van der Waals surface area contributed by atoms with Crippen LogP contribution in [0.3, 0.4) is 0 Å². The van der Waals surface area contributed by atoms with Crippen LogP contribution in [0.4, 0.5) is 0 Å². The van der Waals surface area contributed by atoms with Gasteiger partial charge in [-0.15, -0.1) is 4.67 Å². The second-order valence-corrected chi connectivity index (χ2v) is 2.52. The van der Waals surface area contributed by atoms with Gasteiger partial charge in [-0.05, 0) is 6.42 Å². The molecule has 0 radical (unpaired) electrons. The first-order valence-corrected chi connectivity index (χ1v) is 3.96. The van der Waals surface area contributed by atoms with E-state index >= 15 is 0 Å². The summed E-state index contributed by atoms with van der Waals surface area (Å²) in [6, 6.07) is 0. The average molecular weight is 156 g/mol. The molecule has 2 N–H and O–H groups in total. The van der Waals surface area contributed by atoms with Crippen LogP contribution in [0.15, 0.2) is 0 Å². The maximum absolute atomic E-state index is 9.85. The van der Waals surface area contributed by atoms with E-state index in [1.807, 2.05) is 0 Å². The molecule has 5 nitrogen and oxygen atoms in total. The Hall–Kier alpha value is 0.0700. The molecule has 0 aromatic heterocycles. The van der Waals surface area contributed by atoms with Gasteiger partial charge in [0.05, 0.1) is 6.61 Å². The lowest BCUT2D eigenvalue weighted by Crippen LogP contribution is -1.92. The van der Waals surface area contributed by atoms with E-state index in [1.165, 1.54) is 0 Å². The summed E-state index contributed by atoms with van der Waals surface area (Å²) in [7, 11) is -4.42. The Kier molecular flexibility index (Phi) is 4.01. The molecule has 0 saturated heterocycles. The number of phosphoric acid groups is 1. The number of hydrogen-bond acceptors (Lipinski definition) is 3. The molecule has 0 rings (SSSR count). The summed E-state index contributed by atoms with van der Waals surface area (Å²) in [6.07, 6.45) is 0.653. The van der Waals surface area contributed by atoms with Gasteiger partial charge in [0, 0.05) is 0 Å². The summed E-state index contributed by atoms with van der Waals surface area (Å²) in [4.78, 5) is 20.1. The Morgan fingerprint density at radius 2 is 2.11 bits per heavy atom. The van der Waals surface area contributed by atoms with Crippen molar-refractivity contribution in [3.05, 3.63) is 0 Å². The van der Waals surface area contributed by atoms with Gasteiger partial charge in [0.2, 0.25) is 0 Å². The Labute approximate surface area is 52.8 Å². The highest BCUT2D eigenvalue weighted by Gasteiger charge is 2.14. The third-order valence-corrected chi connectivity index (χ3v) is 0.737. The predicted octanol–water partition coefficient (Wildman–Crippen LogP) is 0.437. The van der Waals surface area contributed by atoms with Gasteiger partial charge in [-0.25, -0.2) is 9.45 Å². The van der Waals surface area contributed by atoms with Crippen molar-refractivity contribution in [1.82, 2.24) is 0 Å². The molecule has 0 saturated carbocycles. The summed E-state index contributed by atoms with van der Waals surface area (Å²) in [5.74, 6) is 0. The second kappa shape index (κ2) is 3.98. The Bertz CT molecular complexity index is 107. The molecule has 0 unspecified atom stereocenters. The maximum atomic E-state index is 9.85. The highest BCUT2D eigenvalue weighted by atomic mass is 31.2. The van der Waals surface area contributed by atoms with Crippen molar-refractivity contribution in [2.45, 2.75) is 13.3 Å². The Morgan fingerprint density at radius 3 is 2.44 bits per heavy atom. The van der Waals surface area contributed by atoms with Crippen molar-refractivity contribution in [2.75, 3.05) is 6.61 Å². The highest BCUT2D eigenvalue weighted by Crippen LogP contribution is 2.35. The number of hydrogen-bond donors (Lipinski definition) is 2. The second-order valence-electron chi connectivity index (χ2n) is 1.39. The van der Waals surface area contributed by atoms with Crippen molar-refractivity contribution in [2.24, 2.45) is 0 Å². The molecule has 0 fully saturated rings. The largest absolute Gasteiger partial charge is 0.496 e. The molecule has 56 valence electrons. The minimum absolute atomic E-state index is 0.186. The van der Waals surface area contributed by atoms with E-state index in [2.05, 4.69) is 9.56 Å². The molecular weight excluding hydrogens is 147 g/mol. The van der Waals surface area contributed by atoms with E-state index in [-0.39, 0.29) is 6.61 Å². The van der Waals surface area contributed by atoms with Gasteiger partial charge in [-0.3, -0.25) is 0 Å². The zero-order valence-electron chi connectivity index (χ0n) is 4.98. The topological polar surface area (TPSA) is 76.0 Å². The van der Waals surface area contributed by atoms with E-state index in [9.17, 15) is 4.57 Å². The summed E-state index contributed by atoms with van der Waals surface area (Å²) in [5.41, 5.74) is 0. The average Bonchev–Trinajstić information content (AvgIpc) is 1.63. The van der Waals surface area contributed by atoms with Crippen LogP contribution in [0.2, 0.25) is 0 Å². The summed E-state index contributed by atoms with van der Waals surface area (Å²) in [6.45, 7) is 1.98. The monoisotopic (exact) mass is 156 g/mol. The lowest BCUT2D eigenvalue weighted by Gasteiger charge is -2.01. The standard InChI is InChI=1S/C3H9O5P/c1-2-3-7-8-9(4,5)6/h2-3H2,1H3,(H2,4,5,6). The summed E-state index contributed by atoms with van der Waals surface area (Å²) in [5, 5.41) is 0. The van der Waals surface area contributed by atoms with Crippen LogP contribution < -0.4 is 0 Å². The molecule has 6 heteroatoms. The Balaban J connectivity index is 3.18. The molecule has 0 spiro atoms. The first-order valence-electron chi connectivity index (χ1n) is 2.43. The Morgan fingerprint density at radius 1 is 1.56 bits per heavy atom. The zero-order valence-corrected chi connectivity index (χ0v) is 5.88. The normalized spacial score (nSPS) is 11.9. The lowest BCUT2D eigenvalue weighted by molar-refractivity contribution is -0.221. The summed E-state index contributed by atoms with van der Waals surface area (Å²) < 4.78 is 13.5. The first-order chi connectivity index (χ1) is 4.06. The van der Waals surface area contributed by atoms with Crippen molar-refractivity contribution in [1.29, 1.82) is 0 Å². The minimum Gasteiger partial charge on any atom is -0.301 e. The fraction of sp³-hybridized carbons (Fsp3) is 1.00. The molecular formula is C3H9O5P. The predicted molar refractivity (Wildman–Crippen MR) is 29.4 cm³/mol. The van der Waals surface area contributed by atoms with Gasteiger partial charge < -0.3 is 9.79 Å². The smallest absolute Gasteiger partial charge is 0.301 e. The molecule has 0 amide bonds. The fourth-order valence-corrected chi connectivity index (χ4v) is 0.401. The van der Waals surface area contributed by atoms with Gasteiger partial charge in [0.25, 0.3) is 0 Å².